The molecule has 2 rings (SSSR count). The third-order valence-corrected chi connectivity index (χ3v) is 7.79. The van der Waals surface area contributed by atoms with Crippen LogP contribution in [0, 0.1) is 0 Å². The molecular formula is C25H32Cl3N3O4S. The molecule has 198 valence electrons. The fourth-order valence-electron chi connectivity index (χ4n) is 3.56. The number of hydrogen-bond acceptors (Lipinski definition) is 4. The molecule has 0 fully saturated rings. The lowest BCUT2D eigenvalue weighted by Gasteiger charge is -2.29. The molecule has 0 saturated heterocycles. The van der Waals surface area contributed by atoms with E-state index in [-0.39, 0.29) is 37.7 Å². The highest BCUT2D eigenvalue weighted by Crippen LogP contribution is 2.25. The van der Waals surface area contributed by atoms with Gasteiger partial charge in [-0.2, -0.15) is 0 Å². The van der Waals surface area contributed by atoms with Crippen molar-refractivity contribution < 1.29 is 18.0 Å². The van der Waals surface area contributed by atoms with Crippen molar-refractivity contribution in [3.05, 3.63) is 63.1 Å². The summed E-state index contributed by atoms with van der Waals surface area (Å²) in [5.74, 6) is -0.528. The molecule has 2 aromatic rings. The van der Waals surface area contributed by atoms with Gasteiger partial charge in [-0.05, 0) is 61.7 Å². The van der Waals surface area contributed by atoms with Crippen LogP contribution in [0.15, 0.2) is 42.5 Å². The van der Waals surface area contributed by atoms with Crippen LogP contribution in [0.4, 0.5) is 5.69 Å². The van der Waals surface area contributed by atoms with Crippen molar-refractivity contribution in [3.63, 3.8) is 0 Å². The molecule has 1 atom stereocenters. The summed E-state index contributed by atoms with van der Waals surface area (Å²) < 4.78 is 26.0. The van der Waals surface area contributed by atoms with Crippen LogP contribution in [0.1, 0.15) is 45.1 Å². The third kappa shape index (κ3) is 9.14. The van der Waals surface area contributed by atoms with Gasteiger partial charge in [-0.1, -0.05) is 54.2 Å². The lowest BCUT2D eigenvalue weighted by molar-refractivity contribution is -0.140. The van der Waals surface area contributed by atoms with Gasteiger partial charge >= 0.3 is 0 Å². The first kappa shape index (κ1) is 30.2. The minimum absolute atomic E-state index is 0.0491. The number of carbonyl (C=O) groups is 2. The Morgan fingerprint density at radius 3 is 2.25 bits per heavy atom. The lowest BCUT2D eigenvalue weighted by atomic mass is 10.1. The standard InChI is InChI=1S/C25H32Cl3N3O4S/c1-4-5-14-29-25(33)18(2)30(17-19-8-13-22(27)23(28)16-19)24(32)7-6-15-31(36(3,34)35)21-11-9-20(26)10-12-21/h8-13,16,18H,4-7,14-15,17H2,1-3H3,(H,29,33). The van der Waals surface area contributed by atoms with Crippen LogP contribution < -0.4 is 9.62 Å². The average molecular weight is 577 g/mol. The molecule has 1 N–H and O–H groups in total. The second-order valence-corrected chi connectivity index (χ2v) is 11.7. The highest BCUT2D eigenvalue weighted by atomic mass is 35.5. The highest BCUT2D eigenvalue weighted by molar-refractivity contribution is 7.92. The number of sulfonamides is 1. The van der Waals surface area contributed by atoms with Crippen LogP contribution in [-0.4, -0.2) is 50.5 Å². The second kappa shape index (κ2) is 14.1. The highest BCUT2D eigenvalue weighted by Gasteiger charge is 2.26. The van der Waals surface area contributed by atoms with Crippen molar-refractivity contribution in [1.29, 1.82) is 0 Å². The van der Waals surface area contributed by atoms with Crippen LogP contribution in [0.3, 0.4) is 0 Å². The Balaban J connectivity index is 2.16. The fraction of sp³-hybridized carbons (Fsp3) is 0.440. The molecule has 0 aromatic heterocycles. The molecule has 0 saturated carbocycles. The molecule has 11 heteroatoms. The quantitative estimate of drug-likeness (QED) is 0.318. The van der Waals surface area contributed by atoms with E-state index in [9.17, 15) is 18.0 Å². The number of halogens is 3. The first-order chi connectivity index (χ1) is 16.9. The number of amides is 2. The molecule has 2 aromatic carbocycles. The number of rotatable bonds is 13. The number of hydrogen-bond donors (Lipinski definition) is 1. The topological polar surface area (TPSA) is 86.8 Å². The molecule has 36 heavy (non-hydrogen) atoms. The lowest BCUT2D eigenvalue weighted by Crippen LogP contribution is -2.48. The van der Waals surface area contributed by atoms with Gasteiger partial charge in [0.1, 0.15) is 6.04 Å². The van der Waals surface area contributed by atoms with Crippen molar-refractivity contribution >= 4 is 62.3 Å². The maximum Gasteiger partial charge on any atom is 0.242 e. The first-order valence-corrected chi connectivity index (χ1v) is 14.7. The molecule has 0 radical (unpaired) electrons. The van der Waals surface area contributed by atoms with Gasteiger partial charge in [-0.25, -0.2) is 8.42 Å². The minimum Gasteiger partial charge on any atom is -0.354 e. The number of nitrogens with zero attached hydrogens (tertiary/aromatic N) is 2. The molecule has 1 unspecified atom stereocenters. The Labute approximate surface area is 228 Å². The van der Waals surface area contributed by atoms with Gasteiger partial charge in [0, 0.05) is 31.1 Å². The van der Waals surface area contributed by atoms with Gasteiger partial charge < -0.3 is 10.2 Å². The molecule has 0 spiro atoms. The summed E-state index contributed by atoms with van der Waals surface area (Å²) in [6, 6.07) is 10.8. The van der Waals surface area contributed by atoms with Crippen molar-refractivity contribution in [2.24, 2.45) is 0 Å². The summed E-state index contributed by atoms with van der Waals surface area (Å²) in [5, 5.41) is 4.11. The van der Waals surface area contributed by atoms with Gasteiger partial charge in [0.2, 0.25) is 21.8 Å². The Hall–Kier alpha value is -2.00. The fourth-order valence-corrected chi connectivity index (χ4v) is 4.98. The van der Waals surface area contributed by atoms with Crippen LogP contribution in [0.25, 0.3) is 0 Å². The van der Waals surface area contributed by atoms with Crippen molar-refractivity contribution in [3.8, 4) is 0 Å². The van der Waals surface area contributed by atoms with E-state index in [1.54, 1.807) is 49.4 Å². The zero-order valence-electron chi connectivity index (χ0n) is 20.6. The van der Waals surface area contributed by atoms with Crippen LogP contribution >= 0.6 is 34.8 Å². The zero-order valence-corrected chi connectivity index (χ0v) is 23.7. The zero-order chi connectivity index (χ0) is 26.9. The molecule has 0 aliphatic carbocycles. The summed E-state index contributed by atoms with van der Waals surface area (Å²) in [4.78, 5) is 27.5. The molecule has 0 heterocycles. The largest absolute Gasteiger partial charge is 0.354 e. The third-order valence-electron chi connectivity index (χ3n) is 5.60. The van der Waals surface area contributed by atoms with Crippen LogP contribution in [-0.2, 0) is 26.2 Å². The Bertz CT molecular complexity index is 1140. The number of nitrogens with one attached hydrogen (secondary N) is 1. The van der Waals surface area contributed by atoms with Crippen molar-refractivity contribution in [2.75, 3.05) is 23.7 Å². The van der Waals surface area contributed by atoms with E-state index in [2.05, 4.69) is 5.32 Å². The van der Waals surface area contributed by atoms with Gasteiger partial charge in [0.05, 0.1) is 22.0 Å². The van der Waals surface area contributed by atoms with E-state index >= 15 is 0 Å². The second-order valence-electron chi connectivity index (χ2n) is 8.51. The molecule has 0 bridgehead atoms. The number of unbranched alkanes of at least 4 members (excludes halogenated alkanes) is 1. The SMILES string of the molecule is CCCCNC(=O)C(C)N(Cc1ccc(Cl)c(Cl)c1)C(=O)CCCN(c1ccc(Cl)cc1)S(C)(=O)=O. The number of benzene rings is 2. The molecule has 0 aliphatic rings. The molecule has 7 nitrogen and oxygen atoms in total. The summed E-state index contributed by atoms with van der Waals surface area (Å²) in [6.07, 6.45) is 3.20. The Morgan fingerprint density at radius 2 is 1.67 bits per heavy atom. The predicted octanol–water partition coefficient (Wildman–Crippen LogP) is 5.53. The van der Waals surface area contributed by atoms with Gasteiger partial charge in [-0.3, -0.25) is 13.9 Å². The maximum atomic E-state index is 13.3. The Morgan fingerprint density at radius 1 is 1.00 bits per heavy atom. The van der Waals surface area contributed by atoms with Crippen LogP contribution in [0.2, 0.25) is 15.1 Å². The van der Waals surface area contributed by atoms with Gasteiger partial charge in [0.25, 0.3) is 0 Å². The first-order valence-electron chi connectivity index (χ1n) is 11.7. The van der Waals surface area contributed by atoms with Gasteiger partial charge in [0.15, 0.2) is 0 Å². The summed E-state index contributed by atoms with van der Waals surface area (Å²) in [5.41, 5.74) is 1.19. The average Bonchev–Trinajstić information content (AvgIpc) is 2.82. The van der Waals surface area contributed by atoms with Crippen molar-refractivity contribution in [2.45, 2.75) is 52.1 Å². The normalized spacial score (nSPS) is 12.2. The smallest absolute Gasteiger partial charge is 0.242 e. The summed E-state index contributed by atoms with van der Waals surface area (Å²) >= 11 is 18.1. The summed E-state index contributed by atoms with van der Waals surface area (Å²) in [6.45, 7) is 4.49. The van der Waals surface area contributed by atoms with E-state index in [4.69, 9.17) is 34.8 Å². The molecule has 2 amide bonds. The number of anilines is 1. The predicted molar refractivity (Wildman–Crippen MR) is 147 cm³/mol. The molecular weight excluding hydrogens is 545 g/mol. The summed E-state index contributed by atoms with van der Waals surface area (Å²) in [7, 11) is -3.57. The van der Waals surface area contributed by atoms with E-state index < -0.39 is 16.1 Å². The van der Waals surface area contributed by atoms with E-state index in [0.717, 1.165) is 24.7 Å². The van der Waals surface area contributed by atoms with E-state index in [1.807, 2.05) is 6.92 Å². The van der Waals surface area contributed by atoms with Gasteiger partial charge in [-0.15, -0.1) is 0 Å². The minimum atomic E-state index is -3.57. The monoisotopic (exact) mass is 575 g/mol. The van der Waals surface area contributed by atoms with Crippen LogP contribution in [0.5, 0.6) is 0 Å². The van der Waals surface area contributed by atoms with E-state index in [1.165, 1.54) is 9.21 Å². The maximum absolute atomic E-state index is 13.3. The van der Waals surface area contributed by atoms with Crippen molar-refractivity contribution in [1.82, 2.24) is 10.2 Å². The number of carbonyl (C=O) groups excluding carboxylic acids is 2. The molecule has 0 aliphatic heterocycles. The Kier molecular flexibility index (Phi) is 11.8. The van der Waals surface area contributed by atoms with E-state index in [0.29, 0.717) is 27.3 Å².